The minimum absolute atomic E-state index is 0.0291. The van der Waals surface area contributed by atoms with E-state index in [4.69, 9.17) is 16.3 Å². The van der Waals surface area contributed by atoms with Crippen LogP contribution in [0.1, 0.15) is 44.2 Å². The van der Waals surface area contributed by atoms with E-state index in [0.717, 1.165) is 42.2 Å². The van der Waals surface area contributed by atoms with Gasteiger partial charge in [0.15, 0.2) is 5.78 Å². The average Bonchev–Trinajstić information content (AvgIpc) is 3.19. The second-order valence-electron chi connectivity index (χ2n) is 7.95. The summed E-state index contributed by atoms with van der Waals surface area (Å²) in [7, 11) is 0. The molecule has 4 rings (SSSR count). The molecule has 0 N–H and O–H groups in total. The highest BCUT2D eigenvalue weighted by molar-refractivity contribution is 8.13. The molecule has 2 atom stereocenters. The molecule has 2 aliphatic carbocycles. The van der Waals surface area contributed by atoms with Crippen molar-refractivity contribution in [1.29, 1.82) is 0 Å². The number of carbonyl (C=O) groups excluding carboxylic acids is 2. The van der Waals surface area contributed by atoms with Gasteiger partial charge < -0.3 is 4.74 Å². The number of ether oxygens (including phenoxy) is 1. The number of ketones is 1. The van der Waals surface area contributed by atoms with Crippen LogP contribution in [0.3, 0.4) is 0 Å². The normalized spacial score (nSPS) is 20.3. The molecule has 2 aliphatic rings. The lowest BCUT2D eigenvalue weighted by Crippen LogP contribution is -2.24. The van der Waals surface area contributed by atoms with Gasteiger partial charge >= 0.3 is 5.30 Å². The van der Waals surface area contributed by atoms with E-state index in [1.165, 1.54) is 6.07 Å². The number of rotatable bonds is 5. The quantitative estimate of drug-likeness (QED) is 0.440. The number of carbonyl (C=O) groups is 2. The summed E-state index contributed by atoms with van der Waals surface area (Å²) in [6, 6.07) is 10.2. The number of thioether (sulfide) groups is 1. The van der Waals surface area contributed by atoms with Crippen LogP contribution in [0.15, 0.2) is 42.2 Å². The smallest absolute Gasteiger partial charge is 0.372 e. The summed E-state index contributed by atoms with van der Waals surface area (Å²) in [5.41, 5.74) is 3.28. The van der Waals surface area contributed by atoms with Crippen molar-refractivity contribution < 1.29 is 18.7 Å². The summed E-state index contributed by atoms with van der Waals surface area (Å²) in [6.45, 7) is 3.90. The first-order valence-corrected chi connectivity index (χ1v) is 12.0. The lowest BCUT2D eigenvalue weighted by atomic mass is 9.81. The minimum atomic E-state index is -0.419. The first-order chi connectivity index (χ1) is 14.9. The number of Topliss-reactive ketones (excluding diaryl/α,β-unsaturated/α-hetero) is 1. The lowest BCUT2D eigenvalue weighted by molar-refractivity contribution is -0.117. The fourth-order valence-electron chi connectivity index (χ4n) is 4.63. The van der Waals surface area contributed by atoms with Gasteiger partial charge in [-0.25, -0.2) is 9.18 Å². The van der Waals surface area contributed by atoms with E-state index in [1.54, 1.807) is 12.1 Å². The average molecular weight is 459 g/mol. The van der Waals surface area contributed by atoms with E-state index in [9.17, 15) is 14.0 Å². The molecule has 31 heavy (non-hydrogen) atoms. The zero-order valence-electron chi connectivity index (χ0n) is 17.5. The van der Waals surface area contributed by atoms with Crippen molar-refractivity contribution in [2.45, 2.75) is 39.5 Å². The largest absolute Gasteiger partial charge is 0.422 e. The molecular formula is C25H24ClFO3S. The van der Waals surface area contributed by atoms with Gasteiger partial charge in [0.05, 0.1) is 5.57 Å². The Morgan fingerprint density at radius 2 is 1.90 bits per heavy atom. The molecule has 0 spiro atoms. The van der Waals surface area contributed by atoms with E-state index < -0.39 is 5.82 Å². The van der Waals surface area contributed by atoms with Gasteiger partial charge in [-0.2, -0.15) is 0 Å². The predicted molar refractivity (Wildman–Crippen MR) is 124 cm³/mol. The first kappa shape index (κ1) is 22.1. The fourth-order valence-corrected chi connectivity index (χ4v) is 5.18. The Hall–Kier alpha value is -2.11. The monoisotopic (exact) mass is 458 g/mol. The highest BCUT2D eigenvalue weighted by Crippen LogP contribution is 2.48. The number of halogens is 2. The molecule has 0 heterocycles. The van der Waals surface area contributed by atoms with Crippen molar-refractivity contribution in [3.8, 4) is 11.1 Å². The van der Waals surface area contributed by atoms with Crippen molar-refractivity contribution in [1.82, 2.24) is 0 Å². The third kappa shape index (κ3) is 4.31. The molecule has 1 fully saturated rings. The topological polar surface area (TPSA) is 43.4 Å². The van der Waals surface area contributed by atoms with Gasteiger partial charge in [-0.3, -0.25) is 4.79 Å². The Balaban J connectivity index is 1.88. The Morgan fingerprint density at radius 3 is 2.61 bits per heavy atom. The van der Waals surface area contributed by atoms with Crippen LogP contribution in [0.5, 0.6) is 0 Å². The SMILES string of the molecule is CCSC(=O)OC1=C(c2cc(-c3ccc(Cl)cc3F)ccc2CC)C(=O)[C@@H]2CC[C@@H]1C2. The Bertz CT molecular complexity index is 1080. The summed E-state index contributed by atoms with van der Waals surface area (Å²) in [5, 5.41) is -0.0536. The number of fused-ring (bicyclic) bond motifs is 2. The first-order valence-electron chi connectivity index (χ1n) is 10.6. The van der Waals surface area contributed by atoms with Crippen LogP contribution in [-0.4, -0.2) is 16.8 Å². The molecule has 2 bridgehead atoms. The summed E-state index contributed by atoms with van der Waals surface area (Å²) in [6.07, 6.45) is 3.08. The molecule has 0 aromatic heterocycles. The Labute approximate surface area is 191 Å². The zero-order valence-corrected chi connectivity index (χ0v) is 19.1. The van der Waals surface area contributed by atoms with Gasteiger partial charge in [0.2, 0.25) is 0 Å². The zero-order chi connectivity index (χ0) is 22.1. The molecule has 6 heteroatoms. The van der Waals surface area contributed by atoms with E-state index >= 15 is 0 Å². The third-order valence-corrected chi connectivity index (χ3v) is 6.97. The van der Waals surface area contributed by atoms with Crippen LogP contribution in [0.4, 0.5) is 9.18 Å². The highest BCUT2D eigenvalue weighted by Gasteiger charge is 2.43. The van der Waals surface area contributed by atoms with Crippen LogP contribution >= 0.6 is 23.4 Å². The molecule has 1 saturated carbocycles. The van der Waals surface area contributed by atoms with Crippen molar-refractivity contribution in [2.75, 3.05) is 5.75 Å². The molecule has 0 amide bonds. The summed E-state index contributed by atoms with van der Waals surface area (Å²) >= 11 is 7.01. The predicted octanol–water partition coefficient (Wildman–Crippen LogP) is 7.31. The van der Waals surface area contributed by atoms with Crippen LogP contribution in [0.2, 0.25) is 5.02 Å². The fraction of sp³-hybridized carbons (Fsp3) is 0.360. The second-order valence-corrected chi connectivity index (χ2v) is 9.58. The summed E-state index contributed by atoms with van der Waals surface area (Å²) in [5.74, 6) is 0.739. The van der Waals surface area contributed by atoms with Crippen LogP contribution in [0, 0.1) is 17.7 Å². The van der Waals surface area contributed by atoms with Gasteiger partial charge in [-0.15, -0.1) is 0 Å². The maximum atomic E-state index is 14.6. The molecule has 0 radical (unpaired) electrons. The summed E-state index contributed by atoms with van der Waals surface area (Å²) < 4.78 is 20.4. The van der Waals surface area contributed by atoms with Gasteiger partial charge in [-0.05, 0) is 78.4 Å². The van der Waals surface area contributed by atoms with Crippen molar-refractivity contribution in [3.05, 3.63) is 64.1 Å². The van der Waals surface area contributed by atoms with Crippen molar-refractivity contribution in [2.24, 2.45) is 11.8 Å². The second kappa shape index (κ2) is 9.17. The van der Waals surface area contributed by atoms with Crippen LogP contribution in [0.25, 0.3) is 16.7 Å². The number of allylic oxidation sites excluding steroid dienone is 2. The number of aryl methyl sites for hydroxylation is 1. The minimum Gasteiger partial charge on any atom is -0.422 e. The molecule has 0 aliphatic heterocycles. The Morgan fingerprint density at radius 1 is 1.13 bits per heavy atom. The van der Waals surface area contributed by atoms with Crippen molar-refractivity contribution >= 4 is 40.0 Å². The third-order valence-electron chi connectivity index (χ3n) is 6.12. The molecule has 2 aromatic rings. The molecule has 162 valence electrons. The molecule has 2 aromatic carbocycles. The maximum Gasteiger partial charge on any atom is 0.372 e. The molecule has 0 unspecified atom stereocenters. The van der Waals surface area contributed by atoms with E-state index in [0.29, 0.717) is 39.7 Å². The number of hydrogen-bond acceptors (Lipinski definition) is 4. The van der Waals surface area contributed by atoms with Crippen LogP contribution < -0.4 is 0 Å². The van der Waals surface area contributed by atoms with E-state index in [-0.39, 0.29) is 22.9 Å². The number of benzene rings is 2. The van der Waals surface area contributed by atoms with Gasteiger partial charge in [0.1, 0.15) is 11.6 Å². The van der Waals surface area contributed by atoms with E-state index in [2.05, 4.69) is 0 Å². The van der Waals surface area contributed by atoms with Gasteiger partial charge in [0.25, 0.3) is 0 Å². The van der Waals surface area contributed by atoms with Gasteiger partial charge in [0, 0.05) is 28.2 Å². The maximum absolute atomic E-state index is 14.6. The Kier molecular flexibility index (Phi) is 6.54. The highest BCUT2D eigenvalue weighted by atomic mass is 35.5. The van der Waals surface area contributed by atoms with Crippen LogP contribution in [-0.2, 0) is 16.0 Å². The summed E-state index contributed by atoms with van der Waals surface area (Å²) in [4.78, 5) is 25.7. The van der Waals surface area contributed by atoms with Gasteiger partial charge in [-0.1, -0.05) is 37.6 Å². The molecule has 3 nitrogen and oxygen atoms in total. The van der Waals surface area contributed by atoms with Crippen molar-refractivity contribution in [3.63, 3.8) is 0 Å². The lowest BCUT2D eigenvalue weighted by Gasteiger charge is -2.26. The molecular weight excluding hydrogens is 435 g/mol. The number of hydrogen-bond donors (Lipinski definition) is 0. The van der Waals surface area contributed by atoms with E-state index in [1.807, 2.05) is 32.0 Å². The molecule has 0 saturated heterocycles. The standard InChI is InChI=1S/C25H24ClFO3S/c1-3-14-5-6-15(19-10-9-18(26)13-21(19)27)12-20(14)22-23(28)16-7-8-17(11-16)24(22)30-25(29)31-4-2/h5-6,9-10,12-13,16-17H,3-4,7-8,11H2,1-2H3/t16-,17-/m1/s1.